The van der Waals surface area contributed by atoms with Crippen molar-refractivity contribution in [2.75, 3.05) is 6.54 Å². The van der Waals surface area contributed by atoms with Crippen LogP contribution in [0.15, 0.2) is 36.5 Å². The highest BCUT2D eigenvalue weighted by Crippen LogP contribution is 2.19. The van der Waals surface area contributed by atoms with E-state index in [4.69, 9.17) is 4.74 Å². The van der Waals surface area contributed by atoms with Gasteiger partial charge in [0, 0.05) is 17.5 Å². The Kier molecular flexibility index (Phi) is 4.61. The third-order valence-electron chi connectivity index (χ3n) is 3.65. The van der Waals surface area contributed by atoms with Gasteiger partial charge in [-0.25, -0.2) is 0 Å². The minimum absolute atomic E-state index is 0.115. The van der Waals surface area contributed by atoms with E-state index < -0.39 is 0 Å². The third-order valence-corrected chi connectivity index (χ3v) is 3.65. The quantitative estimate of drug-likeness (QED) is 0.869. The smallest absolute Gasteiger partial charge is 0.138 e. The minimum Gasteiger partial charge on any atom is -0.488 e. The zero-order chi connectivity index (χ0) is 14.6. The fourth-order valence-corrected chi connectivity index (χ4v) is 1.93. The second kappa shape index (κ2) is 6.23. The number of fused-ring (bicyclic) bond motifs is 1. The van der Waals surface area contributed by atoms with Gasteiger partial charge in [-0.1, -0.05) is 25.1 Å². The molecule has 0 radical (unpaired) electrons. The number of aromatic nitrogens is 1. The molecule has 3 nitrogen and oxygen atoms in total. The van der Waals surface area contributed by atoms with E-state index in [1.54, 1.807) is 6.20 Å². The fraction of sp³-hybridized carbons (Fsp3) is 0.471. The Morgan fingerprint density at radius 3 is 2.80 bits per heavy atom. The van der Waals surface area contributed by atoms with Gasteiger partial charge in [0.2, 0.25) is 0 Å². The van der Waals surface area contributed by atoms with Gasteiger partial charge in [0.25, 0.3) is 0 Å². The van der Waals surface area contributed by atoms with Crippen LogP contribution in [-0.2, 0) is 0 Å². The van der Waals surface area contributed by atoms with E-state index in [1.807, 2.05) is 24.3 Å². The molecule has 0 amide bonds. The van der Waals surface area contributed by atoms with Crippen LogP contribution in [0.25, 0.3) is 10.9 Å². The maximum atomic E-state index is 5.94. The normalized spacial score (nSPS) is 13.4. The highest BCUT2D eigenvalue weighted by atomic mass is 16.5. The summed E-state index contributed by atoms with van der Waals surface area (Å²) in [5.41, 5.74) is 1.15. The molecule has 1 unspecified atom stereocenters. The van der Waals surface area contributed by atoms with Crippen LogP contribution >= 0.6 is 0 Å². The maximum absolute atomic E-state index is 5.94. The predicted octanol–water partition coefficient (Wildman–Crippen LogP) is 3.78. The molecular formula is C17H24N2O. The number of ether oxygens (including phenoxy) is 1. The summed E-state index contributed by atoms with van der Waals surface area (Å²) in [6, 6.07) is 10.1. The van der Waals surface area contributed by atoms with Gasteiger partial charge < -0.3 is 10.1 Å². The number of nitrogens with one attached hydrogen (secondary N) is 1. The lowest BCUT2D eigenvalue weighted by molar-refractivity contribution is 0.198. The van der Waals surface area contributed by atoms with Crippen LogP contribution < -0.4 is 10.1 Å². The Morgan fingerprint density at radius 1 is 1.30 bits per heavy atom. The average Bonchev–Trinajstić information content (AvgIpc) is 2.45. The first kappa shape index (κ1) is 14.8. The standard InChI is InChI=1S/C17H24N2O/c1-5-17(3,4)19-11-13(2)20-15-10-14-8-6-7-9-16(14)18-12-15/h6-10,12-13,19H,5,11H2,1-4H3. The van der Waals surface area contributed by atoms with Crippen LogP contribution in [0.3, 0.4) is 0 Å². The first-order chi connectivity index (χ1) is 9.50. The summed E-state index contributed by atoms with van der Waals surface area (Å²) >= 11 is 0. The molecule has 0 saturated carbocycles. The molecule has 1 heterocycles. The zero-order valence-corrected chi connectivity index (χ0v) is 12.8. The van der Waals surface area contributed by atoms with Crippen LogP contribution in [0.5, 0.6) is 5.75 Å². The number of para-hydroxylation sites is 1. The Balaban J connectivity index is 1.97. The van der Waals surface area contributed by atoms with E-state index >= 15 is 0 Å². The Hall–Kier alpha value is -1.61. The van der Waals surface area contributed by atoms with Crippen molar-refractivity contribution in [1.82, 2.24) is 10.3 Å². The number of rotatable bonds is 6. The minimum atomic E-state index is 0.115. The molecule has 0 aliphatic rings. The summed E-state index contributed by atoms with van der Waals surface area (Å²) < 4.78 is 5.94. The molecule has 2 aromatic rings. The molecule has 108 valence electrons. The number of nitrogens with zero attached hydrogens (tertiary/aromatic N) is 1. The summed E-state index contributed by atoms with van der Waals surface area (Å²) in [4.78, 5) is 4.41. The molecule has 20 heavy (non-hydrogen) atoms. The Morgan fingerprint density at radius 2 is 2.05 bits per heavy atom. The van der Waals surface area contributed by atoms with Crippen molar-refractivity contribution in [2.45, 2.75) is 45.8 Å². The zero-order valence-electron chi connectivity index (χ0n) is 12.8. The van der Waals surface area contributed by atoms with Gasteiger partial charge in [-0.3, -0.25) is 4.98 Å². The second-order valence-corrected chi connectivity index (χ2v) is 5.91. The van der Waals surface area contributed by atoms with Crippen molar-refractivity contribution >= 4 is 10.9 Å². The summed E-state index contributed by atoms with van der Waals surface area (Å²) in [5.74, 6) is 0.826. The summed E-state index contributed by atoms with van der Waals surface area (Å²) in [5, 5.41) is 4.63. The molecular weight excluding hydrogens is 248 g/mol. The number of benzene rings is 1. The van der Waals surface area contributed by atoms with Gasteiger partial charge >= 0.3 is 0 Å². The summed E-state index contributed by atoms with van der Waals surface area (Å²) in [6.07, 6.45) is 3.00. The third kappa shape index (κ3) is 3.94. The van der Waals surface area contributed by atoms with Crippen LogP contribution in [0.2, 0.25) is 0 Å². The Bertz CT molecular complexity index is 566. The van der Waals surface area contributed by atoms with Crippen molar-refractivity contribution in [3.63, 3.8) is 0 Å². The summed E-state index contributed by atoms with van der Waals surface area (Å²) in [6.45, 7) is 9.50. The van der Waals surface area contributed by atoms with E-state index in [2.05, 4.69) is 44.1 Å². The van der Waals surface area contributed by atoms with Crippen molar-refractivity contribution < 1.29 is 4.74 Å². The van der Waals surface area contributed by atoms with Crippen LogP contribution in [-0.4, -0.2) is 23.2 Å². The topological polar surface area (TPSA) is 34.1 Å². The molecule has 0 spiro atoms. The molecule has 0 bridgehead atoms. The van der Waals surface area contributed by atoms with Crippen molar-refractivity contribution in [3.8, 4) is 5.75 Å². The molecule has 0 fully saturated rings. The SMILES string of the molecule is CCC(C)(C)NCC(C)Oc1cnc2ccccc2c1. The maximum Gasteiger partial charge on any atom is 0.138 e. The molecule has 0 aliphatic carbocycles. The fourth-order valence-electron chi connectivity index (χ4n) is 1.93. The number of pyridine rings is 1. The first-order valence-corrected chi connectivity index (χ1v) is 7.26. The molecule has 1 N–H and O–H groups in total. The lowest BCUT2D eigenvalue weighted by atomic mass is 10.0. The van der Waals surface area contributed by atoms with Crippen molar-refractivity contribution in [3.05, 3.63) is 36.5 Å². The Labute approximate surface area is 121 Å². The monoisotopic (exact) mass is 272 g/mol. The molecule has 2 rings (SSSR count). The highest BCUT2D eigenvalue weighted by Gasteiger charge is 2.15. The molecule has 1 aromatic carbocycles. The van der Waals surface area contributed by atoms with E-state index in [0.29, 0.717) is 0 Å². The van der Waals surface area contributed by atoms with E-state index in [0.717, 1.165) is 29.6 Å². The predicted molar refractivity (Wildman–Crippen MR) is 84.2 cm³/mol. The summed E-state index contributed by atoms with van der Waals surface area (Å²) in [7, 11) is 0. The van der Waals surface area contributed by atoms with Gasteiger partial charge in [-0.2, -0.15) is 0 Å². The van der Waals surface area contributed by atoms with Crippen LogP contribution in [0, 0.1) is 0 Å². The molecule has 0 saturated heterocycles. The van der Waals surface area contributed by atoms with Gasteiger partial charge in [-0.05, 0) is 39.3 Å². The lowest BCUT2D eigenvalue weighted by Crippen LogP contribution is -2.43. The van der Waals surface area contributed by atoms with Gasteiger partial charge in [0.05, 0.1) is 11.7 Å². The van der Waals surface area contributed by atoms with Crippen molar-refractivity contribution in [1.29, 1.82) is 0 Å². The van der Waals surface area contributed by atoms with E-state index in [-0.39, 0.29) is 11.6 Å². The van der Waals surface area contributed by atoms with Gasteiger partial charge in [0.15, 0.2) is 0 Å². The highest BCUT2D eigenvalue weighted by molar-refractivity contribution is 5.79. The molecule has 1 aromatic heterocycles. The molecule has 1 atom stereocenters. The van der Waals surface area contributed by atoms with Gasteiger partial charge in [-0.15, -0.1) is 0 Å². The second-order valence-electron chi connectivity index (χ2n) is 5.91. The van der Waals surface area contributed by atoms with E-state index in [9.17, 15) is 0 Å². The first-order valence-electron chi connectivity index (χ1n) is 7.26. The molecule has 0 aliphatic heterocycles. The average molecular weight is 272 g/mol. The molecule has 3 heteroatoms. The lowest BCUT2D eigenvalue weighted by Gasteiger charge is -2.27. The van der Waals surface area contributed by atoms with Crippen LogP contribution in [0.1, 0.15) is 34.1 Å². The van der Waals surface area contributed by atoms with Crippen molar-refractivity contribution in [2.24, 2.45) is 0 Å². The number of hydrogen-bond acceptors (Lipinski definition) is 3. The largest absolute Gasteiger partial charge is 0.488 e. The number of hydrogen-bond donors (Lipinski definition) is 1. The van der Waals surface area contributed by atoms with Crippen LogP contribution in [0.4, 0.5) is 0 Å². The van der Waals surface area contributed by atoms with Gasteiger partial charge in [0.1, 0.15) is 11.9 Å². The van der Waals surface area contributed by atoms with E-state index in [1.165, 1.54) is 0 Å².